The second-order valence-corrected chi connectivity index (χ2v) is 3.26. The van der Waals surface area contributed by atoms with E-state index in [-0.39, 0.29) is 6.10 Å². The number of ether oxygens (including phenoxy) is 2. The van der Waals surface area contributed by atoms with Crippen LogP contribution in [0.4, 0.5) is 0 Å². The maximum Gasteiger partial charge on any atom is 0.139 e. The number of hydrogen-bond donors (Lipinski definition) is 0. The van der Waals surface area contributed by atoms with Crippen LogP contribution in [0.5, 0.6) is 5.75 Å². The van der Waals surface area contributed by atoms with Crippen molar-refractivity contribution in [2.75, 3.05) is 6.61 Å². The molecule has 0 N–H and O–H groups in total. The van der Waals surface area contributed by atoms with E-state index < -0.39 is 0 Å². The van der Waals surface area contributed by atoms with Gasteiger partial charge in [-0.05, 0) is 25.1 Å². The predicted octanol–water partition coefficient (Wildman–Crippen LogP) is 3.01. The molecule has 0 fully saturated rings. The SMILES string of the molecule is CCOC=CC1C=Cc2ccccc2O1. The molecule has 0 spiro atoms. The zero-order valence-corrected chi connectivity index (χ0v) is 8.72. The molecular formula is C13H14O2. The van der Waals surface area contributed by atoms with Crippen LogP contribution >= 0.6 is 0 Å². The molecule has 1 heterocycles. The maximum absolute atomic E-state index is 5.72. The van der Waals surface area contributed by atoms with Gasteiger partial charge in [0.1, 0.15) is 11.9 Å². The van der Waals surface area contributed by atoms with Crippen molar-refractivity contribution in [2.45, 2.75) is 13.0 Å². The van der Waals surface area contributed by atoms with Crippen molar-refractivity contribution in [3.05, 3.63) is 48.2 Å². The van der Waals surface area contributed by atoms with Crippen LogP contribution in [0.2, 0.25) is 0 Å². The van der Waals surface area contributed by atoms with Crippen LogP contribution in [0, 0.1) is 0 Å². The van der Waals surface area contributed by atoms with Crippen LogP contribution in [-0.2, 0) is 4.74 Å². The zero-order chi connectivity index (χ0) is 10.5. The molecule has 1 aromatic carbocycles. The summed E-state index contributed by atoms with van der Waals surface area (Å²) in [7, 11) is 0. The Kier molecular flexibility index (Phi) is 3.08. The van der Waals surface area contributed by atoms with E-state index in [4.69, 9.17) is 9.47 Å². The first-order chi connectivity index (χ1) is 7.40. The van der Waals surface area contributed by atoms with Crippen molar-refractivity contribution in [3.63, 3.8) is 0 Å². The third kappa shape index (κ3) is 2.40. The van der Waals surface area contributed by atoms with E-state index in [1.807, 2.05) is 43.3 Å². The molecule has 1 aliphatic rings. The Balaban J connectivity index is 2.06. The van der Waals surface area contributed by atoms with Crippen molar-refractivity contribution in [1.82, 2.24) is 0 Å². The molecule has 1 aliphatic heterocycles. The van der Waals surface area contributed by atoms with Gasteiger partial charge < -0.3 is 9.47 Å². The molecule has 1 aromatic rings. The third-order valence-electron chi connectivity index (χ3n) is 2.18. The highest BCUT2D eigenvalue weighted by molar-refractivity contribution is 5.60. The standard InChI is InChI=1S/C13H14O2/c1-2-14-10-9-12-8-7-11-5-3-4-6-13(11)15-12/h3-10,12H,2H2,1H3. The van der Waals surface area contributed by atoms with Crippen molar-refractivity contribution >= 4 is 6.08 Å². The number of hydrogen-bond acceptors (Lipinski definition) is 2. The first kappa shape index (κ1) is 9.84. The molecule has 1 atom stereocenters. The summed E-state index contributed by atoms with van der Waals surface area (Å²) in [6.45, 7) is 2.64. The Bertz CT molecular complexity index is 380. The molecular weight excluding hydrogens is 188 g/mol. The molecule has 1 unspecified atom stereocenters. The first-order valence-corrected chi connectivity index (χ1v) is 5.12. The minimum Gasteiger partial charge on any atom is -0.502 e. The monoisotopic (exact) mass is 202 g/mol. The summed E-state index contributed by atoms with van der Waals surface area (Å²) in [5.74, 6) is 0.922. The van der Waals surface area contributed by atoms with E-state index in [0.29, 0.717) is 6.61 Å². The molecule has 0 saturated heterocycles. The van der Waals surface area contributed by atoms with Crippen molar-refractivity contribution in [2.24, 2.45) is 0 Å². The predicted molar refractivity (Wildman–Crippen MR) is 60.7 cm³/mol. The maximum atomic E-state index is 5.72. The van der Waals surface area contributed by atoms with Gasteiger partial charge in [0.15, 0.2) is 0 Å². The molecule has 2 nitrogen and oxygen atoms in total. The topological polar surface area (TPSA) is 18.5 Å². The lowest BCUT2D eigenvalue weighted by atomic mass is 10.1. The Labute approximate surface area is 89.8 Å². The quantitative estimate of drug-likeness (QED) is 0.701. The molecule has 0 bridgehead atoms. The first-order valence-electron chi connectivity index (χ1n) is 5.12. The smallest absolute Gasteiger partial charge is 0.139 e. The summed E-state index contributed by atoms with van der Waals surface area (Å²) < 4.78 is 10.9. The van der Waals surface area contributed by atoms with Crippen molar-refractivity contribution < 1.29 is 9.47 Å². The molecule has 2 heteroatoms. The van der Waals surface area contributed by atoms with E-state index in [2.05, 4.69) is 6.08 Å². The third-order valence-corrected chi connectivity index (χ3v) is 2.18. The fraction of sp³-hybridized carbons (Fsp3) is 0.231. The van der Waals surface area contributed by atoms with Crippen molar-refractivity contribution in [1.29, 1.82) is 0 Å². The Morgan fingerprint density at radius 2 is 2.27 bits per heavy atom. The van der Waals surface area contributed by atoms with Crippen LogP contribution in [0.1, 0.15) is 12.5 Å². The molecule has 0 aromatic heterocycles. The van der Waals surface area contributed by atoms with Crippen molar-refractivity contribution in [3.8, 4) is 5.75 Å². The van der Waals surface area contributed by atoms with Gasteiger partial charge in [0.25, 0.3) is 0 Å². The van der Waals surface area contributed by atoms with Crippen LogP contribution in [0.3, 0.4) is 0 Å². The summed E-state index contributed by atoms with van der Waals surface area (Å²) in [5, 5.41) is 0. The molecule has 0 aliphatic carbocycles. The Hall–Kier alpha value is -1.70. The molecule has 0 radical (unpaired) electrons. The minimum atomic E-state index is -0.0218. The van der Waals surface area contributed by atoms with Gasteiger partial charge in [-0.25, -0.2) is 0 Å². The van der Waals surface area contributed by atoms with Crippen LogP contribution < -0.4 is 4.74 Å². The number of rotatable bonds is 3. The van der Waals surface area contributed by atoms with E-state index in [1.165, 1.54) is 0 Å². The lowest BCUT2D eigenvalue weighted by molar-refractivity contribution is 0.252. The summed E-state index contributed by atoms with van der Waals surface area (Å²) in [6.07, 6.45) is 7.64. The van der Waals surface area contributed by atoms with E-state index >= 15 is 0 Å². The fourth-order valence-electron chi connectivity index (χ4n) is 1.44. The van der Waals surface area contributed by atoms with Crippen LogP contribution in [0.15, 0.2) is 42.7 Å². The molecule has 2 rings (SSSR count). The minimum absolute atomic E-state index is 0.0218. The zero-order valence-electron chi connectivity index (χ0n) is 8.72. The lowest BCUT2D eigenvalue weighted by Gasteiger charge is -2.18. The van der Waals surface area contributed by atoms with Gasteiger partial charge in [-0.2, -0.15) is 0 Å². The number of benzene rings is 1. The van der Waals surface area contributed by atoms with Crippen LogP contribution in [-0.4, -0.2) is 12.7 Å². The summed E-state index contributed by atoms with van der Waals surface area (Å²) >= 11 is 0. The number of para-hydroxylation sites is 1. The molecule has 0 amide bonds. The largest absolute Gasteiger partial charge is 0.502 e. The Morgan fingerprint density at radius 1 is 1.40 bits per heavy atom. The van der Waals surface area contributed by atoms with Gasteiger partial charge in [-0.1, -0.05) is 24.3 Å². The Morgan fingerprint density at radius 3 is 3.13 bits per heavy atom. The van der Waals surface area contributed by atoms with Gasteiger partial charge in [-0.3, -0.25) is 0 Å². The van der Waals surface area contributed by atoms with E-state index in [9.17, 15) is 0 Å². The second-order valence-electron chi connectivity index (χ2n) is 3.26. The van der Waals surface area contributed by atoms with Gasteiger partial charge in [0, 0.05) is 5.56 Å². The summed E-state index contributed by atoms with van der Waals surface area (Å²) in [5.41, 5.74) is 1.12. The summed E-state index contributed by atoms with van der Waals surface area (Å²) in [6, 6.07) is 7.98. The van der Waals surface area contributed by atoms with E-state index in [0.717, 1.165) is 11.3 Å². The van der Waals surface area contributed by atoms with Gasteiger partial charge >= 0.3 is 0 Å². The average Bonchev–Trinajstić information content (AvgIpc) is 2.29. The van der Waals surface area contributed by atoms with E-state index in [1.54, 1.807) is 6.26 Å². The van der Waals surface area contributed by atoms with Gasteiger partial charge in [0.2, 0.25) is 0 Å². The molecule has 15 heavy (non-hydrogen) atoms. The van der Waals surface area contributed by atoms with Gasteiger partial charge in [-0.15, -0.1) is 0 Å². The second kappa shape index (κ2) is 4.69. The highest BCUT2D eigenvalue weighted by Crippen LogP contribution is 2.25. The van der Waals surface area contributed by atoms with Crippen LogP contribution in [0.25, 0.3) is 6.08 Å². The lowest BCUT2D eigenvalue weighted by Crippen LogP contribution is -2.13. The van der Waals surface area contributed by atoms with Gasteiger partial charge in [0.05, 0.1) is 12.9 Å². The highest BCUT2D eigenvalue weighted by atomic mass is 16.5. The number of fused-ring (bicyclic) bond motifs is 1. The summed E-state index contributed by atoms with van der Waals surface area (Å²) in [4.78, 5) is 0. The fourth-order valence-corrected chi connectivity index (χ4v) is 1.44. The molecule has 0 saturated carbocycles. The normalized spacial score (nSPS) is 18.6. The molecule has 78 valence electrons. The average molecular weight is 202 g/mol. The highest BCUT2D eigenvalue weighted by Gasteiger charge is 2.10.